The van der Waals surface area contributed by atoms with E-state index < -0.39 is 11.7 Å². The average molecular weight is 257 g/mol. The number of nitrogens with zero attached hydrogens (tertiary/aromatic N) is 4. The van der Waals surface area contributed by atoms with E-state index in [-0.39, 0.29) is 0 Å². The second-order valence-electron chi connectivity index (χ2n) is 3.58. The zero-order chi connectivity index (χ0) is 13.2. The Morgan fingerprint density at radius 3 is 2.39 bits per heavy atom. The summed E-state index contributed by atoms with van der Waals surface area (Å²) in [6.45, 7) is 0.388. The third kappa shape index (κ3) is 2.65. The number of hydrogen-bond donors (Lipinski definition) is 1. The van der Waals surface area contributed by atoms with Gasteiger partial charge in [-0.1, -0.05) is 0 Å². The lowest BCUT2D eigenvalue weighted by molar-refractivity contribution is -0.137. The van der Waals surface area contributed by atoms with Crippen LogP contribution in [0.4, 0.5) is 13.2 Å². The molecule has 0 amide bonds. The molecule has 0 aliphatic carbocycles. The van der Waals surface area contributed by atoms with Gasteiger partial charge in [0, 0.05) is 6.42 Å². The van der Waals surface area contributed by atoms with E-state index in [1.54, 1.807) is 0 Å². The molecule has 96 valence electrons. The molecule has 0 fully saturated rings. The minimum atomic E-state index is -4.35. The molecule has 8 heteroatoms. The molecule has 2 aromatic rings. The lowest BCUT2D eigenvalue weighted by atomic mass is 10.2. The van der Waals surface area contributed by atoms with E-state index in [1.807, 2.05) is 0 Å². The predicted molar refractivity (Wildman–Crippen MR) is 56.9 cm³/mol. The maximum absolute atomic E-state index is 12.4. The van der Waals surface area contributed by atoms with Crippen LogP contribution in [0.5, 0.6) is 0 Å². The van der Waals surface area contributed by atoms with Crippen LogP contribution in [-0.2, 0) is 12.6 Å². The van der Waals surface area contributed by atoms with Crippen LogP contribution in [-0.4, -0.2) is 26.8 Å². The Hall–Kier alpha value is -1.96. The summed E-state index contributed by atoms with van der Waals surface area (Å²) in [5.41, 5.74) is 5.04. The van der Waals surface area contributed by atoms with Crippen molar-refractivity contribution in [1.82, 2.24) is 20.2 Å². The molecular weight excluding hydrogens is 247 g/mol. The van der Waals surface area contributed by atoms with Gasteiger partial charge in [0.25, 0.3) is 0 Å². The number of tetrazole rings is 1. The van der Waals surface area contributed by atoms with Crippen LogP contribution in [0.15, 0.2) is 24.3 Å². The molecule has 1 aromatic heterocycles. The van der Waals surface area contributed by atoms with E-state index in [0.29, 0.717) is 24.5 Å². The molecule has 0 saturated heterocycles. The van der Waals surface area contributed by atoms with Crippen molar-refractivity contribution >= 4 is 0 Å². The average Bonchev–Trinajstić information content (AvgIpc) is 2.77. The van der Waals surface area contributed by atoms with E-state index in [1.165, 1.54) is 16.9 Å². The van der Waals surface area contributed by atoms with E-state index in [0.717, 1.165) is 12.1 Å². The minimum Gasteiger partial charge on any atom is -0.330 e. The van der Waals surface area contributed by atoms with Crippen LogP contribution in [0.2, 0.25) is 0 Å². The van der Waals surface area contributed by atoms with Gasteiger partial charge in [-0.15, -0.1) is 15.0 Å². The number of aromatic nitrogens is 4. The molecule has 0 atom stereocenters. The third-order valence-corrected chi connectivity index (χ3v) is 2.25. The molecule has 0 radical (unpaired) electrons. The van der Waals surface area contributed by atoms with Crippen molar-refractivity contribution in [2.75, 3.05) is 6.54 Å². The molecule has 1 heterocycles. The number of rotatable bonds is 3. The highest BCUT2D eigenvalue weighted by atomic mass is 19.4. The van der Waals surface area contributed by atoms with Gasteiger partial charge in [-0.25, -0.2) is 0 Å². The summed E-state index contributed by atoms with van der Waals surface area (Å²) in [5.74, 6) is 0.456. The van der Waals surface area contributed by atoms with Gasteiger partial charge < -0.3 is 5.73 Å². The largest absolute Gasteiger partial charge is 0.416 e. The first-order chi connectivity index (χ1) is 8.50. The summed E-state index contributed by atoms with van der Waals surface area (Å²) in [5, 5.41) is 11.5. The van der Waals surface area contributed by atoms with Crippen LogP contribution < -0.4 is 5.73 Å². The lowest BCUT2D eigenvalue weighted by Crippen LogP contribution is -2.06. The van der Waals surface area contributed by atoms with Gasteiger partial charge in [0.2, 0.25) is 0 Å². The van der Waals surface area contributed by atoms with Crippen molar-refractivity contribution in [3.63, 3.8) is 0 Å². The fourth-order valence-electron chi connectivity index (χ4n) is 1.37. The highest BCUT2D eigenvalue weighted by Crippen LogP contribution is 2.29. The Bertz CT molecular complexity index is 517. The van der Waals surface area contributed by atoms with Gasteiger partial charge >= 0.3 is 6.18 Å². The first-order valence-electron chi connectivity index (χ1n) is 5.17. The van der Waals surface area contributed by atoms with Crippen LogP contribution in [0.25, 0.3) is 5.69 Å². The number of halogens is 3. The summed E-state index contributed by atoms with van der Waals surface area (Å²) in [7, 11) is 0. The lowest BCUT2D eigenvalue weighted by Gasteiger charge is -2.06. The maximum Gasteiger partial charge on any atom is 0.416 e. The molecular formula is C10H10F3N5. The number of alkyl halides is 3. The highest BCUT2D eigenvalue weighted by Gasteiger charge is 2.30. The third-order valence-electron chi connectivity index (χ3n) is 2.25. The van der Waals surface area contributed by atoms with E-state index in [2.05, 4.69) is 15.4 Å². The van der Waals surface area contributed by atoms with Crippen LogP contribution in [0.3, 0.4) is 0 Å². The standard InChI is InChI=1S/C10H10F3N5/c11-10(12,13)7-1-3-8(4-2-7)18-16-9(5-6-14)15-17-18/h1-4H,5-6,14H2. The summed E-state index contributed by atoms with van der Waals surface area (Å²) >= 11 is 0. The zero-order valence-corrected chi connectivity index (χ0v) is 9.22. The molecule has 0 unspecified atom stereocenters. The topological polar surface area (TPSA) is 69.6 Å². The molecule has 0 aliphatic heterocycles. The maximum atomic E-state index is 12.4. The molecule has 2 rings (SSSR count). The molecule has 18 heavy (non-hydrogen) atoms. The van der Waals surface area contributed by atoms with Gasteiger partial charge in [-0.2, -0.15) is 13.2 Å². The Morgan fingerprint density at radius 2 is 1.83 bits per heavy atom. The summed E-state index contributed by atoms with van der Waals surface area (Å²) in [6.07, 6.45) is -3.88. The number of hydrogen-bond acceptors (Lipinski definition) is 4. The molecule has 0 saturated carbocycles. The Labute approximate surface area is 100 Å². The van der Waals surface area contributed by atoms with Gasteiger partial charge in [0.1, 0.15) is 0 Å². The van der Waals surface area contributed by atoms with Crippen molar-refractivity contribution in [1.29, 1.82) is 0 Å². The number of benzene rings is 1. The Balaban J connectivity index is 2.23. The fraction of sp³-hybridized carbons (Fsp3) is 0.300. The molecule has 1 aromatic carbocycles. The van der Waals surface area contributed by atoms with Gasteiger partial charge in [0.15, 0.2) is 5.82 Å². The molecule has 0 aliphatic rings. The zero-order valence-electron chi connectivity index (χ0n) is 9.22. The van der Waals surface area contributed by atoms with Gasteiger partial charge in [-0.3, -0.25) is 0 Å². The summed E-state index contributed by atoms with van der Waals surface area (Å²) in [4.78, 5) is 1.17. The predicted octanol–water partition coefficient (Wildman–Crippen LogP) is 1.18. The van der Waals surface area contributed by atoms with E-state index >= 15 is 0 Å². The van der Waals surface area contributed by atoms with Crippen molar-refractivity contribution in [3.8, 4) is 5.69 Å². The minimum absolute atomic E-state index is 0.388. The van der Waals surface area contributed by atoms with Crippen LogP contribution in [0.1, 0.15) is 11.4 Å². The monoisotopic (exact) mass is 257 g/mol. The Morgan fingerprint density at radius 1 is 1.17 bits per heavy atom. The molecule has 0 bridgehead atoms. The second-order valence-corrected chi connectivity index (χ2v) is 3.58. The normalized spacial score (nSPS) is 11.8. The quantitative estimate of drug-likeness (QED) is 0.896. The Kier molecular flexibility index (Phi) is 3.28. The highest BCUT2D eigenvalue weighted by molar-refractivity contribution is 5.33. The number of nitrogens with two attached hydrogens (primary N) is 1. The first-order valence-corrected chi connectivity index (χ1v) is 5.17. The van der Waals surface area contributed by atoms with Gasteiger partial charge in [-0.05, 0) is 36.0 Å². The SMILES string of the molecule is NCCc1nnn(-c2ccc(C(F)(F)F)cc2)n1. The van der Waals surface area contributed by atoms with Crippen LogP contribution >= 0.6 is 0 Å². The molecule has 5 nitrogen and oxygen atoms in total. The van der Waals surface area contributed by atoms with Crippen molar-refractivity contribution in [2.45, 2.75) is 12.6 Å². The van der Waals surface area contributed by atoms with E-state index in [4.69, 9.17) is 5.73 Å². The smallest absolute Gasteiger partial charge is 0.330 e. The van der Waals surface area contributed by atoms with Crippen molar-refractivity contribution in [3.05, 3.63) is 35.7 Å². The van der Waals surface area contributed by atoms with Gasteiger partial charge in [0.05, 0.1) is 11.3 Å². The molecule has 0 spiro atoms. The van der Waals surface area contributed by atoms with E-state index in [9.17, 15) is 13.2 Å². The van der Waals surface area contributed by atoms with Crippen LogP contribution in [0, 0.1) is 0 Å². The fourth-order valence-corrected chi connectivity index (χ4v) is 1.37. The first kappa shape index (κ1) is 12.5. The summed E-state index contributed by atoms with van der Waals surface area (Å²) < 4.78 is 37.1. The van der Waals surface area contributed by atoms with Crippen molar-refractivity contribution < 1.29 is 13.2 Å². The second kappa shape index (κ2) is 4.73. The molecule has 2 N–H and O–H groups in total. The summed E-state index contributed by atoms with van der Waals surface area (Å²) in [6, 6.07) is 4.52. The van der Waals surface area contributed by atoms with Crippen molar-refractivity contribution in [2.24, 2.45) is 5.73 Å².